The number of benzene rings is 1. The largest absolute Gasteiger partial charge is 0.493 e. The number of amides is 1. The highest BCUT2D eigenvalue weighted by Crippen LogP contribution is 2.32. The number of ether oxygens (including phenoxy) is 1. The number of para-hydroxylation sites is 1. The van der Waals surface area contributed by atoms with Crippen LogP contribution in [-0.2, 0) is 4.79 Å². The second kappa shape index (κ2) is 4.17. The van der Waals surface area contributed by atoms with Crippen LogP contribution in [0.4, 0.5) is 0 Å². The van der Waals surface area contributed by atoms with Crippen LogP contribution in [0.2, 0.25) is 0 Å². The van der Waals surface area contributed by atoms with Crippen molar-refractivity contribution in [3.63, 3.8) is 0 Å². The molecule has 3 heteroatoms. The summed E-state index contributed by atoms with van der Waals surface area (Å²) in [5, 5.41) is 2.78. The van der Waals surface area contributed by atoms with Crippen LogP contribution >= 0.6 is 0 Å². The van der Waals surface area contributed by atoms with Crippen molar-refractivity contribution < 1.29 is 9.53 Å². The number of rotatable bonds is 3. The molecular weight excluding hydrogens is 190 g/mol. The summed E-state index contributed by atoms with van der Waals surface area (Å²) in [5.74, 6) is 1.04. The van der Waals surface area contributed by atoms with Gasteiger partial charge in [0.1, 0.15) is 5.75 Å². The lowest BCUT2D eigenvalue weighted by Crippen LogP contribution is -2.27. The summed E-state index contributed by atoms with van der Waals surface area (Å²) in [7, 11) is 0. The van der Waals surface area contributed by atoms with Crippen molar-refractivity contribution in [3.05, 3.63) is 42.5 Å². The molecule has 1 atom stereocenters. The predicted molar refractivity (Wildman–Crippen MR) is 57.9 cm³/mol. The lowest BCUT2D eigenvalue weighted by atomic mass is 10.0. The summed E-state index contributed by atoms with van der Waals surface area (Å²) in [6, 6.07) is 7.91. The summed E-state index contributed by atoms with van der Waals surface area (Å²) in [6.45, 7) is 4.64. The molecule has 3 nitrogen and oxygen atoms in total. The number of hydrogen-bond donors (Lipinski definition) is 1. The second-order valence-electron chi connectivity index (χ2n) is 3.50. The second-order valence-corrected chi connectivity index (χ2v) is 3.50. The maximum Gasteiger partial charge on any atom is 0.243 e. The van der Waals surface area contributed by atoms with Crippen LogP contribution in [0.5, 0.6) is 5.75 Å². The van der Waals surface area contributed by atoms with E-state index < -0.39 is 0 Å². The normalized spacial score (nSPS) is 17.7. The van der Waals surface area contributed by atoms with Gasteiger partial charge in [0.2, 0.25) is 5.91 Å². The predicted octanol–water partition coefficient (Wildman–Crippen LogP) is 1.46. The topological polar surface area (TPSA) is 38.3 Å². The number of hydrogen-bond acceptors (Lipinski definition) is 2. The van der Waals surface area contributed by atoms with Crippen LogP contribution in [0.25, 0.3) is 0 Å². The van der Waals surface area contributed by atoms with Crippen molar-refractivity contribution in [2.75, 3.05) is 13.2 Å². The van der Waals surface area contributed by atoms with Crippen LogP contribution in [0.3, 0.4) is 0 Å². The Hall–Kier alpha value is -1.77. The quantitative estimate of drug-likeness (QED) is 0.755. The third-order valence-corrected chi connectivity index (χ3v) is 2.51. The van der Waals surface area contributed by atoms with Gasteiger partial charge < -0.3 is 10.1 Å². The highest BCUT2D eigenvalue weighted by molar-refractivity contribution is 5.86. The Morgan fingerprint density at radius 1 is 1.60 bits per heavy atom. The van der Waals surface area contributed by atoms with Gasteiger partial charge in [0.05, 0.1) is 6.61 Å². The van der Waals surface area contributed by atoms with Gasteiger partial charge in [-0.05, 0) is 12.1 Å². The van der Waals surface area contributed by atoms with Crippen LogP contribution in [0.15, 0.2) is 36.9 Å². The zero-order chi connectivity index (χ0) is 10.7. The van der Waals surface area contributed by atoms with Gasteiger partial charge in [0, 0.05) is 18.0 Å². The van der Waals surface area contributed by atoms with Gasteiger partial charge in [0.25, 0.3) is 0 Å². The van der Waals surface area contributed by atoms with E-state index in [1.807, 2.05) is 24.3 Å². The molecule has 1 aromatic rings. The van der Waals surface area contributed by atoms with E-state index in [1.165, 1.54) is 11.6 Å². The minimum atomic E-state index is -0.139. The van der Waals surface area contributed by atoms with E-state index in [-0.39, 0.29) is 11.8 Å². The first-order chi connectivity index (χ1) is 7.31. The van der Waals surface area contributed by atoms with Gasteiger partial charge in [-0.25, -0.2) is 0 Å². The third kappa shape index (κ3) is 2.01. The number of nitrogens with one attached hydrogen (secondary N) is 1. The fourth-order valence-electron chi connectivity index (χ4n) is 1.69. The highest BCUT2D eigenvalue weighted by Gasteiger charge is 2.23. The molecule has 1 aliphatic heterocycles. The molecular formula is C12H13NO2. The first-order valence-corrected chi connectivity index (χ1v) is 4.93. The van der Waals surface area contributed by atoms with Gasteiger partial charge in [-0.15, -0.1) is 0 Å². The molecule has 0 fully saturated rings. The van der Waals surface area contributed by atoms with E-state index >= 15 is 0 Å². The number of carbonyl (C=O) groups excluding carboxylic acids is 1. The maximum absolute atomic E-state index is 11.0. The molecule has 0 aliphatic carbocycles. The Morgan fingerprint density at radius 2 is 2.40 bits per heavy atom. The fraction of sp³-hybridized carbons (Fsp3) is 0.250. The molecule has 1 unspecified atom stereocenters. The molecule has 0 saturated carbocycles. The summed E-state index contributed by atoms with van der Waals surface area (Å²) in [5.41, 5.74) is 1.17. The Labute approximate surface area is 88.8 Å². The maximum atomic E-state index is 11.0. The smallest absolute Gasteiger partial charge is 0.243 e. The number of carbonyl (C=O) groups is 1. The molecule has 2 rings (SSSR count). The monoisotopic (exact) mass is 203 g/mol. The Morgan fingerprint density at radius 3 is 3.20 bits per heavy atom. The van der Waals surface area contributed by atoms with E-state index in [9.17, 15) is 4.79 Å². The molecule has 15 heavy (non-hydrogen) atoms. The summed E-state index contributed by atoms with van der Waals surface area (Å²) in [4.78, 5) is 11.0. The van der Waals surface area contributed by atoms with Crippen LogP contribution in [-0.4, -0.2) is 19.1 Å². The molecule has 1 heterocycles. The molecule has 0 spiro atoms. The average molecular weight is 203 g/mol. The van der Waals surface area contributed by atoms with Gasteiger partial charge in [-0.1, -0.05) is 24.8 Å². The Kier molecular flexibility index (Phi) is 2.72. The van der Waals surface area contributed by atoms with E-state index in [0.29, 0.717) is 13.2 Å². The summed E-state index contributed by atoms with van der Waals surface area (Å²) >= 11 is 0. The van der Waals surface area contributed by atoms with Crippen molar-refractivity contribution in [1.82, 2.24) is 5.32 Å². The van der Waals surface area contributed by atoms with Crippen molar-refractivity contribution >= 4 is 5.91 Å². The van der Waals surface area contributed by atoms with Gasteiger partial charge in [0.15, 0.2) is 0 Å². The zero-order valence-electron chi connectivity index (χ0n) is 8.40. The molecule has 78 valence electrons. The fourth-order valence-corrected chi connectivity index (χ4v) is 1.69. The molecule has 1 N–H and O–H groups in total. The molecule has 1 aromatic carbocycles. The van der Waals surface area contributed by atoms with Crippen molar-refractivity contribution in [2.24, 2.45) is 0 Å². The minimum Gasteiger partial charge on any atom is -0.493 e. The zero-order valence-corrected chi connectivity index (χ0v) is 8.40. The van der Waals surface area contributed by atoms with Crippen LogP contribution < -0.4 is 10.1 Å². The Balaban J connectivity index is 2.02. The van der Waals surface area contributed by atoms with Gasteiger partial charge >= 0.3 is 0 Å². The minimum absolute atomic E-state index is 0.139. The number of fused-ring (bicyclic) bond motifs is 1. The molecule has 0 bridgehead atoms. The molecule has 1 amide bonds. The third-order valence-electron chi connectivity index (χ3n) is 2.51. The van der Waals surface area contributed by atoms with Crippen LogP contribution in [0, 0.1) is 0 Å². The highest BCUT2D eigenvalue weighted by atomic mass is 16.5. The average Bonchev–Trinajstić information content (AvgIpc) is 2.69. The van der Waals surface area contributed by atoms with E-state index in [4.69, 9.17) is 4.74 Å². The first kappa shape index (κ1) is 9.77. The lowest BCUT2D eigenvalue weighted by Gasteiger charge is -2.08. The Bertz CT molecular complexity index is 387. The van der Waals surface area contributed by atoms with E-state index in [0.717, 1.165) is 5.75 Å². The molecule has 0 saturated heterocycles. The lowest BCUT2D eigenvalue weighted by molar-refractivity contribution is -0.116. The summed E-state index contributed by atoms with van der Waals surface area (Å²) in [6.07, 6.45) is 1.28. The van der Waals surface area contributed by atoms with Crippen molar-refractivity contribution in [2.45, 2.75) is 5.92 Å². The van der Waals surface area contributed by atoms with Crippen molar-refractivity contribution in [3.8, 4) is 5.75 Å². The summed E-state index contributed by atoms with van der Waals surface area (Å²) < 4.78 is 5.50. The van der Waals surface area contributed by atoms with Crippen LogP contribution in [0.1, 0.15) is 11.5 Å². The van der Waals surface area contributed by atoms with Crippen molar-refractivity contribution in [1.29, 1.82) is 0 Å². The van der Waals surface area contributed by atoms with Gasteiger partial charge in [-0.2, -0.15) is 0 Å². The van der Waals surface area contributed by atoms with Gasteiger partial charge in [-0.3, -0.25) is 4.79 Å². The van der Waals surface area contributed by atoms with E-state index in [2.05, 4.69) is 11.9 Å². The standard InChI is InChI=1S/C12H13NO2/c1-2-12(14)13-7-9-8-15-11-6-4-3-5-10(9)11/h2-6,9H,1,7-8H2,(H,13,14). The molecule has 1 aliphatic rings. The van der Waals surface area contributed by atoms with E-state index in [1.54, 1.807) is 0 Å². The SMILES string of the molecule is C=CC(=O)NCC1COc2ccccc21. The first-order valence-electron chi connectivity index (χ1n) is 4.93. The molecule has 0 radical (unpaired) electrons. The molecule has 0 aromatic heterocycles.